The van der Waals surface area contributed by atoms with Crippen molar-refractivity contribution in [1.29, 1.82) is 5.41 Å². The van der Waals surface area contributed by atoms with E-state index in [1.165, 1.54) is 0 Å². The Hall–Kier alpha value is -1.81. The molecule has 1 heterocycles. The van der Waals surface area contributed by atoms with Gasteiger partial charge in [-0.15, -0.1) is 0 Å². The van der Waals surface area contributed by atoms with Gasteiger partial charge < -0.3 is 4.90 Å². The Morgan fingerprint density at radius 2 is 1.94 bits per heavy atom. The Labute approximate surface area is 105 Å². The maximum atomic E-state index is 7.96. The molecular formula is C12H13ClN4. The second kappa shape index (κ2) is 4.59. The lowest BCUT2D eigenvalue weighted by atomic mass is 10.2. The van der Waals surface area contributed by atoms with Crippen molar-refractivity contribution in [3.8, 4) is 11.4 Å². The van der Waals surface area contributed by atoms with Crippen LogP contribution < -0.4 is 0 Å². The van der Waals surface area contributed by atoms with Gasteiger partial charge in [-0.3, -0.25) is 9.98 Å². The molecule has 17 heavy (non-hydrogen) atoms. The molecule has 0 radical (unpaired) electrons. The van der Waals surface area contributed by atoms with E-state index in [0.717, 1.165) is 11.4 Å². The number of rotatable bonds is 1. The molecule has 2 aromatic rings. The van der Waals surface area contributed by atoms with Gasteiger partial charge in [-0.1, -0.05) is 11.6 Å². The molecular weight excluding hydrogens is 236 g/mol. The molecule has 0 aliphatic rings. The van der Waals surface area contributed by atoms with E-state index in [0.29, 0.717) is 11.0 Å². The van der Waals surface area contributed by atoms with Gasteiger partial charge in [0, 0.05) is 37.1 Å². The van der Waals surface area contributed by atoms with Crippen LogP contribution in [0, 0.1) is 5.41 Å². The van der Waals surface area contributed by atoms with Crippen LogP contribution in [0.2, 0.25) is 5.02 Å². The van der Waals surface area contributed by atoms with Crippen LogP contribution in [-0.2, 0) is 0 Å². The Balaban J connectivity index is 2.43. The summed E-state index contributed by atoms with van der Waals surface area (Å²) in [5.74, 6) is 1.10. The second-order valence-corrected chi connectivity index (χ2v) is 4.28. The van der Waals surface area contributed by atoms with Gasteiger partial charge in [0.2, 0.25) is 5.96 Å². The van der Waals surface area contributed by atoms with Gasteiger partial charge in [0.1, 0.15) is 5.82 Å². The second-order valence-electron chi connectivity index (χ2n) is 3.85. The van der Waals surface area contributed by atoms with Crippen molar-refractivity contribution in [2.45, 2.75) is 0 Å². The molecule has 1 N–H and O–H groups in total. The van der Waals surface area contributed by atoms with Crippen LogP contribution in [0.4, 0.5) is 0 Å². The first kappa shape index (κ1) is 11.7. The van der Waals surface area contributed by atoms with Gasteiger partial charge in [-0.25, -0.2) is 4.98 Å². The van der Waals surface area contributed by atoms with Crippen LogP contribution in [-0.4, -0.2) is 34.5 Å². The molecule has 1 aromatic heterocycles. The zero-order chi connectivity index (χ0) is 12.4. The molecule has 0 amide bonds. The molecule has 1 aromatic carbocycles. The third-order valence-corrected chi connectivity index (χ3v) is 2.65. The summed E-state index contributed by atoms with van der Waals surface area (Å²) in [5.41, 5.74) is 0.936. The van der Waals surface area contributed by atoms with E-state index in [1.54, 1.807) is 21.9 Å². The minimum Gasteiger partial charge on any atom is -0.349 e. The normalized spacial score (nSPS) is 10.3. The SMILES string of the molecule is CN(C)C(=N)n1ccnc1-c1ccc(Cl)cc1. The fourth-order valence-electron chi connectivity index (χ4n) is 1.50. The van der Waals surface area contributed by atoms with E-state index in [2.05, 4.69) is 4.98 Å². The predicted octanol–water partition coefficient (Wildman–Crippen LogP) is 2.55. The van der Waals surface area contributed by atoms with Crippen LogP contribution >= 0.6 is 11.6 Å². The third kappa shape index (κ3) is 2.31. The van der Waals surface area contributed by atoms with Crippen molar-refractivity contribution in [2.75, 3.05) is 14.1 Å². The number of imidazole rings is 1. The maximum Gasteiger partial charge on any atom is 0.203 e. The standard InChI is InChI=1S/C12H13ClN4/c1-16(2)12(14)17-8-7-15-11(17)9-3-5-10(13)6-4-9/h3-8,14H,1-2H3. The molecule has 0 bridgehead atoms. The van der Waals surface area contributed by atoms with Crippen molar-refractivity contribution >= 4 is 17.6 Å². The first-order valence-corrected chi connectivity index (χ1v) is 5.53. The molecule has 2 rings (SSSR count). The summed E-state index contributed by atoms with van der Waals surface area (Å²) in [7, 11) is 3.65. The quantitative estimate of drug-likeness (QED) is 0.623. The summed E-state index contributed by atoms with van der Waals surface area (Å²) < 4.78 is 1.73. The van der Waals surface area contributed by atoms with Gasteiger partial charge in [0.25, 0.3) is 0 Å². The fourth-order valence-corrected chi connectivity index (χ4v) is 1.63. The summed E-state index contributed by atoms with van der Waals surface area (Å²) in [4.78, 5) is 6.00. The van der Waals surface area contributed by atoms with Crippen LogP contribution in [0.1, 0.15) is 0 Å². The molecule has 0 spiro atoms. The van der Waals surface area contributed by atoms with Crippen molar-refractivity contribution < 1.29 is 0 Å². The van der Waals surface area contributed by atoms with Gasteiger partial charge in [0.15, 0.2) is 0 Å². The zero-order valence-corrected chi connectivity index (χ0v) is 10.4. The highest BCUT2D eigenvalue weighted by Crippen LogP contribution is 2.19. The smallest absolute Gasteiger partial charge is 0.203 e. The summed E-state index contributed by atoms with van der Waals surface area (Å²) in [5, 5.41) is 8.65. The highest BCUT2D eigenvalue weighted by molar-refractivity contribution is 6.30. The average Bonchev–Trinajstić information content (AvgIpc) is 2.77. The van der Waals surface area contributed by atoms with Crippen molar-refractivity contribution in [3.05, 3.63) is 41.7 Å². The number of benzene rings is 1. The minimum atomic E-state index is 0.368. The van der Waals surface area contributed by atoms with Gasteiger partial charge in [0.05, 0.1) is 0 Å². The first-order valence-electron chi connectivity index (χ1n) is 5.15. The van der Waals surface area contributed by atoms with E-state index in [4.69, 9.17) is 17.0 Å². The van der Waals surface area contributed by atoms with Crippen LogP contribution in [0.5, 0.6) is 0 Å². The predicted molar refractivity (Wildman–Crippen MR) is 69.5 cm³/mol. The Morgan fingerprint density at radius 3 is 2.53 bits per heavy atom. The summed E-state index contributed by atoms with van der Waals surface area (Å²) in [6, 6.07) is 7.42. The molecule has 88 valence electrons. The summed E-state index contributed by atoms with van der Waals surface area (Å²) in [6.45, 7) is 0. The Morgan fingerprint density at radius 1 is 1.29 bits per heavy atom. The first-order chi connectivity index (χ1) is 8.09. The van der Waals surface area contributed by atoms with E-state index in [-0.39, 0.29) is 0 Å². The summed E-state index contributed by atoms with van der Waals surface area (Å²) in [6.07, 6.45) is 3.45. The van der Waals surface area contributed by atoms with Crippen molar-refractivity contribution in [1.82, 2.24) is 14.5 Å². The van der Waals surface area contributed by atoms with E-state index < -0.39 is 0 Å². The lowest BCUT2D eigenvalue weighted by molar-refractivity contribution is 0.591. The Bertz CT molecular complexity index is 528. The molecule has 0 aliphatic heterocycles. The molecule has 0 fully saturated rings. The van der Waals surface area contributed by atoms with Gasteiger partial charge in [-0.2, -0.15) is 0 Å². The van der Waals surface area contributed by atoms with Crippen LogP contribution in [0.15, 0.2) is 36.7 Å². The lowest BCUT2D eigenvalue weighted by Gasteiger charge is -2.16. The number of aromatic nitrogens is 2. The average molecular weight is 249 g/mol. The van der Waals surface area contributed by atoms with Crippen LogP contribution in [0.3, 0.4) is 0 Å². The molecule has 0 unspecified atom stereocenters. The monoisotopic (exact) mass is 248 g/mol. The minimum absolute atomic E-state index is 0.368. The Kier molecular flexibility index (Phi) is 3.15. The molecule has 0 saturated carbocycles. The lowest BCUT2D eigenvalue weighted by Crippen LogP contribution is -2.28. The van der Waals surface area contributed by atoms with Crippen LogP contribution in [0.25, 0.3) is 11.4 Å². The highest BCUT2D eigenvalue weighted by atomic mass is 35.5. The number of halogens is 1. The third-order valence-electron chi connectivity index (χ3n) is 2.39. The largest absolute Gasteiger partial charge is 0.349 e. The van der Waals surface area contributed by atoms with Crippen molar-refractivity contribution in [2.24, 2.45) is 0 Å². The zero-order valence-electron chi connectivity index (χ0n) is 9.68. The molecule has 0 saturated heterocycles. The summed E-state index contributed by atoms with van der Waals surface area (Å²) >= 11 is 5.85. The maximum absolute atomic E-state index is 7.96. The van der Waals surface area contributed by atoms with E-state index >= 15 is 0 Å². The molecule has 0 aliphatic carbocycles. The van der Waals surface area contributed by atoms with Gasteiger partial charge in [-0.05, 0) is 24.3 Å². The van der Waals surface area contributed by atoms with Crippen molar-refractivity contribution in [3.63, 3.8) is 0 Å². The van der Waals surface area contributed by atoms with E-state index in [9.17, 15) is 0 Å². The fraction of sp³-hybridized carbons (Fsp3) is 0.167. The highest BCUT2D eigenvalue weighted by Gasteiger charge is 2.10. The topological polar surface area (TPSA) is 44.9 Å². The number of hydrogen-bond donors (Lipinski definition) is 1. The molecule has 0 atom stereocenters. The van der Waals surface area contributed by atoms with E-state index in [1.807, 2.05) is 38.4 Å². The molecule has 5 heteroatoms. The number of hydrogen-bond acceptors (Lipinski definition) is 2. The molecule has 4 nitrogen and oxygen atoms in total. The number of nitrogens with zero attached hydrogens (tertiary/aromatic N) is 3. The number of nitrogens with one attached hydrogen (secondary N) is 1. The van der Waals surface area contributed by atoms with Gasteiger partial charge >= 0.3 is 0 Å².